The Kier molecular flexibility index (Phi) is 3.35. The lowest BCUT2D eigenvalue weighted by molar-refractivity contribution is 0.136. The van der Waals surface area contributed by atoms with Gasteiger partial charge in [-0.25, -0.2) is 0 Å². The second kappa shape index (κ2) is 5.19. The molecule has 0 saturated carbocycles. The highest BCUT2D eigenvalue weighted by atomic mass is 79.9. The van der Waals surface area contributed by atoms with E-state index in [4.69, 9.17) is 0 Å². The minimum atomic E-state index is 0.774. The van der Waals surface area contributed by atoms with Gasteiger partial charge in [0.15, 0.2) is 0 Å². The van der Waals surface area contributed by atoms with Gasteiger partial charge in [-0.15, -0.1) is 0 Å². The largest absolute Gasteiger partial charge is 0.344 e. The zero-order chi connectivity index (χ0) is 13.5. The molecule has 2 nitrogen and oxygen atoms in total. The molecule has 106 valence electrons. The van der Waals surface area contributed by atoms with Crippen LogP contribution in [0.25, 0.3) is 10.9 Å². The van der Waals surface area contributed by atoms with Crippen molar-refractivity contribution in [2.45, 2.75) is 44.7 Å². The summed E-state index contributed by atoms with van der Waals surface area (Å²) in [6, 6.07) is 9.88. The lowest BCUT2D eigenvalue weighted by atomic mass is 9.97. The van der Waals surface area contributed by atoms with Crippen LogP contribution in [-0.2, 0) is 13.0 Å². The van der Waals surface area contributed by atoms with Crippen LogP contribution in [0.15, 0.2) is 28.7 Å². The van der Waals surface area contributed by atoms with Gasteiger partial charge in [0.1, 0.15) is 0 Å². The van der Waals surface area contributed by atoms with E-state index in [1.165, 1.54) is 72.8 Å². The van der Waals surface area contributed by atoms with Crippen molar-refractivity contribution in [3.05, 3.63) is 34.4 Å². The summed E-state index contributed by atoms with van der Waals surface area (Å²) in [4.78, 5) is 2.74. The molecule has 3 heterocycles. The third-order valence-corrected chi connectivity index (χ3v) is 5.46. The number of hydrogen-bond acceptors (Lipinski definition) is 1. The Morgan fingerprint density at radius 2 is 1.90 bits per heavy atom. The second-order valence-electron chi connectivity index (χ2n) is 6.23. The van der Waals surface area contributed by atoms with Crippen molar-refractivity contribution in [2.24, 2.45) is 0 Å². The molecule has 0 aliphatic carbocycles. The lowest BCUT2D eigenvalue weighted by Crippen LogP contribution is -2.43. The second-order valence-corrected chi connectivity index (χ2v) is 7.15. The van der Waals surface area contributed by atoms with Crippen molar-refractivity contribution >= 4 is 26.8 Å². The number of aromatic nitrogens is 1. The number of benzene rings is 1. The molecule has 0 bridgehead atoms. The molecule has 0 spiro atoms. The molecule has 1 unspecified atom stereocenters. The third-order valence-electron chi connectivity index (χ3n) is 4.97. The van der Waals surface area contributed by atoms with Gasteiger partial charge in [-0.05, 0) is 50.1 Å². The molecule has 3 heteroatoms. The van der Waals surface area contributed by atoms with Gasteiger partial charge < -0.3 is 4.57 Å². The van der Waals surface area contributed by atoms with Crippen LogP contribution in [0.2, 0.25) is 0 Å². The maximum absolute atomic E-state index is 3.59. The van der Waals surface area contributed by atoms with Gasteiger partial charge >= 0.3 is 0 Å². The first-order chi connectivity index (χ1) is 9.81. The molecule has 0 amide bonds. The molecule has 2 aliphatic heterocycles. The molecule has 1 aromatic heterocycles. The van der Waals surface area contributed by atoms with E-state index in [1.807, 2.05) is 0 Å². The van der Waals surface area contributed by atoms with Crippen molar-refractivity contribution in [1.82, 2.24) is 9.47 Å². The number of hydrogen-bond donors (Lipinski definition) is 0. The fourth-order valence-electron chi connectivity index (χ4n) is 3.99. The van der Waals surface area contributed by atoms with Crippen molar-refractivity contribution in [1.29, 1.82) is 0 Å². The van der Waals surface area contributed by atoms with Crippen molar-refractivity contribution in [2.75, 3.05) is 13.1 Å². The first-order valence-electron chi connectivity index (χ1n) is 7.83. The summed E-state index contributed by atoms with van der Waals surface area (Å²) >= 11 is 3.59. The predicted octanol–water partition coefficient (Wildman–Crippen LogP) is 4.20. The van der Waals surface area contributed by atoms with Gasteiger partial charge in [0.25, 0.3) is 0 Å². The Labute approximate surface area is 128 Å². The Balaban J connectivity index is 1.76. The summed E-state index contributed by atoms with van der Waals surface area (Å²) in [5, 5.41) is 1.39. The zero-order valence-electron chi connectivity index (χ0n) is 11.8. The van der Waals surface area contributed by atoms with E-state index in [1.54, 1.807) is 0 Å². The van der Waals surface area contributed by atoms with E-state index in [0.717, 1.165) is 6.04 Å². The van der Waals surface area contributed by atoms with Crippen LogP contribution in [0.5, 0.6) is 0 Å². The molecular weight excluding hydrogens is 312 g/mol. The quantitative estimate of drug-likeness (QED) is 0.701. The van der Waals surface area contributed by atoms with Crippen molar-refractivity contribution in [3.63, 3.8) is 0 Å². The van der Waals surface area contributed by atoms with E-state index in [0.29, 0.717) is 0 Å². The number of piperidine rings is 1. The molecule has 2 aliphatic rings. The van der Waals surface area contributed by atoms with Crippen LogP contribution in [0.3, 0.4) is 0 Å². The van der Waals surface area contributed by atoms with E-state index in [9.17, 15) is 0 Å². The summed E-state index contributed by atoms with van der Waals surface area (Å²) in [7, 11) is 0. The van der Waals surface area contributed by atoms with Gasteiger partial charge in [0, 0.05) is 46.6 Å². The van der Waals surface area contributed by atoms with Crippen molar-refractivity contribution in [3.8, 4) is 0 Å². The highest BCUT2D eigenvalue weighted by Crippen LogP contribution is 2.29. The first-order valence-corrected chi connectivity index (χ1v) is 8.62. The fraction of sp³-hybridized carbons (Fsp3) is 0.529. The maximum Gasteiger partial charge on any atom is 0.0483 e. The minimum absolute atomic E-state index is 0.774. The fourth-order valence-corrected chi connectivity index (χ4v) is 4.37. The van der Waals surface area contributed by atoms with E-state index in [2.05, 4.69) is 49.7 Å². The molecule has 1 aromatic carbocycles. The Morgan fingerprint density at radius 3 is 2.85 bits per heavy atom. The van der Waals surface area contributed by atoms with Crippen LogP contribution < -0.4 is 0 Å². The van der Waals surface area contributed by atoms with Crippen LogP contribution >= 0.6 is 15.9 Å². The summed E-state index contributed by atoms with van der Waals surface area (Å²) in [6.45, 7) is 3.76. The highest BCUT2D eigenvalue weighted by Gasteiger charge is 2.25. The maximum atomic E-state index is 3.59. The zero-order valence-corrected chi connectivity index (χ0v) is 13.4. The number of halogens is 1. The molecule has 2 aromatic rings. The molecular formula is C17H21BrN2. The smallest absolute Gasteiger partial charge is 0.0483 e. The van der Waals surface area contributed by atoms with Gasteiger partial charge in [0.2, 0.25) is 0 Å². The molecule has 1 atom stereocenters. The molecule has 1 saturated heterocycles. The Bertz CT molecular complexity index is 631. The van der Waals surface area contributed by atoms with Crippen LogP contribution in [0.4, 0.5) is 0 Å². The minimum Gasteiger partial charge on any atom is -0.344 e. The topological polar surface area (TPSA) is 8.17 Å². The van der Waals surface area contributed by atoms with Gasteiger partial charge in [-0.3, -0.25) is 4.90 Å². The number of fused-ring (bicyclic) bond motifs is 4. The van der Waals surface area contributed by atoms with Gasteiger partial charge in [0.05, 0.1) is 0 Å². The van der Waals surface area contributed by atoms with Gasteiger partial charge in [-0.1, -0.05) is 22.4 Å². The summed E-state index contributed by atoms with van der Waals surface area (Å²) < 4.78 is 3.75. The monoisotopic (exact) mass is 332 g/mol. The summed E-state index contributed by atoms with van der Waals surface area (Å²) in [5.41, 5.74) is 2.95. The number of rotatable bonds is 0. The van der Waals surface area contributed by atoms with E-state index < -0.39 is 0 Å². The molecule has 4 rings (SSSR count). The standard InChI is InChI=1S/C17H21BrN2/c18-14-5-6-17-13(10-14)11-16-12-15-4-1-2-7-19(15)8-3-9-20(16)17/h5-6,10-11,15H,1-4,7-9,12H2. The van der Waals surface area contributed by atoms with Crippen LogP contribution in [0, 0.1) is 0 Å². The number of aryl methyl sites for hydroxylation is 1. The third kappa shape index (κ3) is 2.21. The SMILES string of the molecule is Brc1ccc2c(c1)cc1n2CCCN2CCCCC2C1. The van der Waals surface area contributed by atoms with Gasteiger partial charge in [-0.2, -0.15) is 0 Å². The summed E-state index contributed by atoms with van der Waals surface area (Å²) in [6.07, 6.45) is 6.69. The Hall–Kier alpha value is -0.800. The first kappa shape index (κ1) is 12.9. The number of nitrogens with zero attached hydrogens (tertiary/aromatic N) is 2. The van der Waals surface area contributed by atoms with Crippen molar-refractivity contribution < 1.29 is 0 Å². The average molecular weight is 333 g/mol. The Morgan fingerprint density at radius 1 is 1.00 bits per heavy atom. The molecule has 20 heavy (non-hydrogen) atoms. The average Bonchev–Trinajstić information content (AvgIpc) is 2.74. The molecule has 0 radical (unpaired) electrons. The van der Waals surface area contributed by atoms with Crippen LogP contribution in [0.1, 0.15) is 31.4 Å². The van der Waals surface area contributed by atoms with E-state index in [-0.39, 0.29) is 0 Å². The predicted molar refractivity (Wildman–Crippen MR) is 87.2 cm³/mol. The van der Waals surface area contributed by atoms with E-state index >= 15 is 0 Å². The molecule has 1 fully saturated rings. The normalized spacial score (nSPS) is 23.9. The highest BCUT2D eigenvalue weighted by molar-refractivity contribution is 9.10. The van der Waals surface area contributed by atoms with Crippen LogP contribution in [-0.4, -0.2) is 28.6 Å². The molecule has 0 N–H and O–H groups in total. The summed E-state index contributed by atoms with van der Waals surface area (Å²) in [5.74, 6) is 0. The lowest BCUT2D eigenvalue weighted by Gasteiger charge is -2.37.